The molecule has 0 fully saturated rings. The minimum atomic E-state index is -4.02. The summed E-state index contributed by atoms with van der Waals surface area (Å²) in [7, 11) is -4.02. The number of pyridine rings is 1. The third kappa shape index (κ3) is 9.51. The number of nitrogens with one attached hydrogen (secondary N) is 2. The molecule has 0 saturated heterocycles. The van der Waals surface area contributed by atoms with E-state index in [4.69, 9.17) is 10.8 Å². The van der Waals surface area contributed by atoms with Crippen LogP contribution in [0.15, 0.2) is 79.0 Å². The van der Waals surface area contributed by atoms with E-state index in [2.05, 4.69) is 15.6 Å². The van der Waals surface area contributed by atoms with Crippen molar-refractivity contribution in [3.8, 4) is 11.3 Å². The van der Waals surface area contributed by atoms with Crippen LogP contribution < -0.4 is 16.4 Å². The fourth-order valence-electron chi connectivity index (χ4n) is 3.91. The molecule has 0 radical (unpaired) electrons. The fourth-order valence-corrected chi connectivity index (χ4v) is 5.47. The van der Waals surface area contributed by atoms with E-state index in [0.29, 0.717) is 11.3 Å². The number of benzene rings is 2. The van der Waals surface area contributed by atoms with Gasteiger partial charge in [-0.15, -0.1) is 0 Å². The van der Waals surface area contributed by atoms with E-state index in [1.54, 1.807) is 60.8 Å². The summed E-state index contributed by atoms with van der Waals surface area (Å²) in [6.45, 7) is 0. The minimum absolute atomic E-state index is 0.238. The predicted octanol–water partition coefficient (Wildman–Crippen LogP) is 1.28. The van der Waals surface area contributed by atoms with E-state index in [1.807, 2.05) is 6.07 Å². The number of nitrogens with zero attached hydrogens (tertiary/aromatic N) is 1. The Morgan fingerprint density at radius 2 is 1.51 bits per heavy atom. The van der Waals surface area contributed by atoms with Gasteiger partial charge in [0, 0.05) is 18.2 Å². The molecule has 0 bridgehead atoms. The van der Waals surface area contributed by atoms with Gasteiger partial charge in [0.1, 0.15) is 12.1 Å². The molecule has 0 aliphatic carbocycles. The molecule has 0 aliphatic rings. The fraction of sp³-hybridized carbons (Fsp3) is 0.250. The number of sulfone groups is 1. The first-order chi connectivity index (χ1) is 19.4. The van der Waals surface area contributed by atoms with Crippen LogP contribution in [-0.4, -0.2) is 65.2 Å². The quantitative estimate of drug-likeness (QED) is 0.184. The van der Waals surface area contributed by atoms with Crippen LogP contribution >= 0.6 is 0 Å². The Morgan fingerprint density at radius 3 is 2.10 bits per heavy atom. The molecule has 12 nitrogen and oxygen atoms in total. The molecule has 0 saturated carbocycles. The Balaban J connectivity index is 1.78. The number of carbonyl (C=O) groups excluding carboxylic acids is 2. The van der Waals surface area contributed by atoms with Crippen molar-refractivity contribution in [3.05, 3.63) is 90.1 Å². The normalized spacial score (nSPS) is 13.4. The van der Waals surface area contributed by atoms with E-state index < -0.39 is 69.6 Å². The zero-order chi connectivity index (χ0) is 30.0. The van der Waals surface area contributed by atoms with Crippen LogP contribution in [0.3, 0.4) is 0 Å². The lowest BCUT2D eigenvalue weighted by Gasteiger charge is -2.22. The van der Waals surface area contributed by atoms with E-state index in [9.17, 15) is 32.7 Å². The van der Waals surface area contributed by atoms with Crippen LogP contribution in [0.1, 0.15) is 30.0 Å². The molecule has 0 spiro atoms. The molecule has 1 heterocycles. The molecular formula is C28H30N4O8S. The maximum absolute atomic E-state index is 13.2. The monoisotopic (exact) mass is 582 g/mol. The first-order valence-electron chi connectivity index (χ1n) is 12.5. The standard InChI is InChI=1S/C28H30N4O8S/c29-21(27(35)36)13-14-24(33)31-23(26(34)32-25(28(37)38)20-6-2-1-3-7-20)17-41(39,40)16-18-9-11-19(12-10-18)22-8-4-5-15-30-22/h1-12,15,21,23,25H,13-14,16-17,29H2,(H,31,33)(H,32,34)(H,35,36)(H,37,38)/t21-,23-,25+/m0/s1. The molecule has 1 aromatic heterocycles. The van der Waals surface area contributed by atoms with E-state index in [0.717, 1.165) is 5.56 Å². The Morgan fingerprint density at radius 1 is 0.854 bits per heavy atom. The number of carboxylic acid groups (broad SMARTS) is 2. The Bertz CT molecular complexity index is 1470. The Kier molecular flexibility index (Phi) is 10.7. The summed E-state index contributed by atoms with van der Waals surface area (Å²) in [6, 6.07) is 15.3. The van der Waals surface area contributed by atoms with Gasteiger partial charge in [0.15, 0.2) is 15.9 Å². The number of carboxylic acids is 2. The van der Waals surface area contributed by atoms with Gasteiger partial charge in [0.05, 0.1) is 17.2 Å². The highest BCUT2D eigenvalue weighted by molar-refractivity contribution is 7.90. The van der Waals surface area contributed by atoms with Gasteiger partial charge in [-0.1, -0.05) is 60.7 Å². The van der Waals surface area contributed by atoms with Gasteiger partial charge in [-0.3, -0.25) is 19.4 Å². The van der Waals surface area contributed by atoms with Gasteiger partial charge in [-0.2, -0.15) is 0 Å². The SMILES string of the molecule is N[C@@H](CCC(=O)N[C@@H](CS(=O)(=O)Cc1ccc(-c2ccccn2)cc1)C(=O)N[C@@H](C(=O)O)c1ccccc1)C(=O)O. The van der Waals surface area contributed by atoms with Gasteiger partial charge in [0.25, 0.3) is 0 Å². The molecule has 41 heavy (non-hydrogen) atoms. The lowest BCUT2D eigenvalue weighted by Crippen LogP contribution is -2.52. The van der Waals surface area contributed by atoms with Gasteiger partial charge in [0.2, 0.25) is 11.8 Å². The largest absolute Gasteiger partial charge is 0.480 e. The highest BCUT2D eigenvalue weighted by Gasteiger charge is 2.31. The van der Waals surface area contributed by atoms with Crippen LogP contribution in [0.5, 0.6) is 0 Å². The summed E-state index contributed by atoms with van der Waals surface area (Å²) in [5, 5.41) is 23.2. The second-order valence-electron chi connectivity index (χ2n) is 9.26. The number of hydrogen-bond donors (Lipinski definition) is 5. The van der Waals surface area contributed by atoms with Gasteiger partial charge < -0.3 is 26.6 Å². The van der Waals surface area contributed by atoms with Crippen molar-refractivity contribution in [1.82, 2.24) is 15.6 Å². The van der Waals surface area contributed by atoms with Crippen molar-refractivity contribution in [2.75, 3.05) is 5.75 Å². The second kappa shape index (κ2) is 14.1. The molecule has 13 heteroatoms. The van der Waals surface area contributed by atoms with E-state index in [-0.39, 0.29) is 12.0 Å². The number of nitrogens with two attached hydrogens (primary N) is 1. The van der Waals surface area contributed by atoms with Crippen molar-refractivity contribution in [2.45, 2.75) is 36.7 Å². The molecule has 3 atom stereocenters. The second-order valence-corrected chi connectivity index (χ2v) is 11.4. The summed E-state index contributed by atoms with van der Waals surface area (Å²) in [4.78, 5) is 52.8. The first-order valence-corrected chi connectivity index (χ1v) is 14.3. The highest BCUT2D eigenvalue weighted by Crippen LogP contribution is 2.19. The average molecular weight is 583 g/mol. The number of amides is 2. The lowest BCUT2D eigenvalue weighted by atomic mass is 10.1. The van der Waals surface area contributed by atoms with Crippen molar-refractivity contribution >= 4 is 33.6 Å². The average Bonchev–Trinajstić information content (AvgIpc) is 2.94. The van der Waals surface area contributed by atoms with Gasteiger partial charge >= 0.3 is 11.9 Å². The molecule has 0 aliphatic heterocycles. The molecule has 2 amide bonds. The van der Waals surface area contributed by atoms with E-state index in [1.165, 1.54) is 12.1 Å². The summed E-state index contributed by atoms with van der Waals surface area (Å²) < 4.78 is 26.3. The summed E-state index contributed by atoms with van der Waals surface area (Å²) in [6.07, 6.45) is 0.981. The van der Waals surface area contributed by atoms with Crippen LogP contribution in [0.2, 0.25) is 0 Å². The van der Waals surface area contributed by atoms with Crippen molar-refractivity contribution in [3.63, 3.8) is 0 Å². The summed E-state index contributed by atoms with van der Waals surface area (Å²) in [5.41, 5.74) is 7.57. The molecule has 216 valence electrons. The van der Waals surface area contributed by atoms with Crippen LogP contribution in [-0.2, 0) is 34.8 Å². The summed E-state index contributed by atoms with van der Waals surface area (Å²) >= 11 is 0. The van der Waals surface area contributed by atoms with Gasteiger partial charge in [-0.05, 0) is 29.7 Å². The van der Waals surface area contributed by atoms with Crippen LogP contribution in [0.4, 0.5) is 0 Å². The molecule has 6 N–H and O–H groups in total. The Labute approximate surface area is 236 Å². The molecule has 3 aromatic rings. The number of aromatic nitrogens is 1. The number of rotatable bonds is 14. The van der Waals surface area contributed by atoms with Gasteiger partial charge in [-0.25, -0.2) is 13.2 Å². The zero-order valence-electron chi connectivity index (χ0n) is 21.8. The maximum Gasteiger partial charge on any atom is 0.330 e. The number of hydrogen-bond acceptors (Lipinski definition) is 8. The minimum Gasteiger partial charge on any atom is -0.480 e. The molecule has 0 unspecified atom stereocenters. The highest BCUT2D eigenvalue weighted by atomic mass is 32.2. The zero-order valence-corrected chi connectivity index (χ0v) is 22.7. The van der Waals surface area contributed by atoms with Crippen LogP contribution in [0, 0.1) is 0 Å². The molecular weight excluding hydrogens is 552 g/mol. The number of carbonyl (C=O) groups is 4. The molecule has 2 aromatic carbocycles. The predicted molar refractivity (Wildman–Crippen MR) is 149 cm³/mol. The Hall–Kier alpha value is -4.62. The maximum atomic E-state index is 13.2. The molecule has 3 rings (SSSR count). The van der Waals surface area contributed by atoms with Crippen molar-refractivity contribution in [1.29, 1.82) is 0 Å². The van der Waals surface area contributed by atoms with Crippen LogP contribution in [0.25, 0.3) is 11.3 Å². The third-order valence-electron chi connectivity index (χ3n) is 6.04. The number of aliphatic carboxylic acids is 2. The van der Waals surface area contributed by atoms with Crippen molar-refractivity contribution in [2.24, 2.45) is 5.73 Å². The smallest absolute Gasteiger partial charge is 0.330 e. The topological polar surface area (TPSA) is 206 Å². The summed E-state index contributed by atoms with van der Waals surface area (Å²) in [5.74, 6) is -5.86. The first kappa shape index (κ1) is 30.9. The lowest BCUT2D eigenvalue weighted by molar-refractivity contribution is -0.142. The van der Waals surface area contributed by atoms with Crippen molar-refractivity contribution < 1.29 is 37.8 Å². The third-order valence-corrected chi connectivity index (χ3v) is 7.65. The van der Waals surface area contributed by atoms with E-state index >= 15 is 0 Å².